The zero-order valence-electron chi connectivity index (χ0n) is 16.5. The van der Waals surface area contributed by atoms with E-state index in [1.54, 1.807) is 0 Å². The number of nitrogens with zero attached hydrogens (tertiary/aromatic N) is 1. The van der Waals surface area contributed by atoms with Crippen LogP contribution in [0.3, 0.4) is 0 Å². The van der Waals surface area contributed by atoms with E-state index >= 15 is 0 Å². The number of aryl methyl sites for hydroxylation is 1. The van der Waals surface area contributed by atoms with E-state index in [1.807, 2.05) is 36.4 Å². The van der Waals surface area contributed by atoms with Crippen LogP contribution in [-0.4, -0.2) is 6.73 Å². The van der Waals surface area contributed by atoms with E-state index in [0.717, 1.165) is 34.2 Å². The first-order valence-electron chi connectivity index (χ1n) is 9.95. The fraction of sp³-hybridized carbons (Fsp3) is 0.160. The van der Waals surface area contributed by atoms with Gasteiger partial charge in [-0.25, -0.2) is 4.79 Å². The van der Waals surface area contributed by atoms with E-state index < -0.39 is 5.63 Å². The van der Waals surface area contributed by atoms with Crippen molar-refractivity contribution in [3.8, 4) is 16.9 Å². The van der Waals surface area contributed by atoms with Gasteiger partial charge in [-0.15, -0.1) is 0 Å². The van der Waals surface area contributed by atoms with Gasteiger partial charge in [-0.05, 0) is 41.3 Å². The zero-order valence-corrected chi connectivity index (χ0v) is 17.3. The molecule has 150 valence electrons. The van der Waals surface area contributed by atoms with Crippen molar-refractivity contribution in [2.45, 2.75) is 19.9 Å². The van der Waals surface area contributed by atoms with Crippen LogP contribution in [0.5, 0.6) is 5.75 Å². The number of hydrogen-bond acceptors (Lipinski definition) is 4. The van der Waals surface area contributed by atoms with Gasteiger partial charge in [-0.2, -0.15) is 0 Å². The third kappa shape index (κ3) is 3.23. The van der Waals surface area contributed by atoms with Crippen molar-refractivity contribution in [1.82, 2.24) is 0 Å². The maximum absolute atomic E-state index is 12.4. The fourth-order valence-corrected chi connectivity index (χ4v) is 4.23. The van der Waals surface area contributed by atoms with Crippen LogP contribution in [0, 0.1) is 0 Å². The zero-order chi connectivity index (χ0) is 20.7. The van der Waals surface area contributed by atoms with E-state index in [1.165, 1.54) is 11.6 Å². The summed E-state index contributed by atoms with van der Waals surface area (Å²) in [5.74, 6) is 0.582. The molecule has 0 saturated carbocycles. The Morgan fingerprint density at radius 2 is 1.80 bits per heavy atom. The summed E-state index contributed by atoms with van der Waals surface area (Å²) in [4.78, 5) is 14.5. The summed E-state index contributed by atoms with van der Waals surface area (Å²) < 4.78 is 11.7. The second kappa shape index (κ2) is 7.54. The number of benzene rings is 3. The number of hydrogen-bond donors (Lipinski definition) is 0. The summed E-state index contributed by atoms with van der Waals surface area (Å²) in [6, 6.07) is 21.5. The predicted octanol–water partition coefficient (Wildman–Crippen LogP) is 6.03. The van der Waals surface area contributed by atoms with Crippen LogP contribution in [0.4, 0.5) is 5.69 Å². The largest absolute Gasteiger partial charge is 0.471 e. The first-order valence-corrected chi connectivity index (χ1v) is 10.3. The molecule has 0 unspecified atom stereocenters. The summed E-state index contributed by atoms with van der Waals surface area (Å²) in [5.41, 5.74) is 4.99. The molecule has 0 N–H and O–H groups in total. The second-order valence-corrected chi connectivity index (χ2v) is 7.79. The van der Waals surface area contributed by atoms with Crippen molar-refractivity contribution in [3.63, 3.8) is 0 Å². The van der Waals surface area contributed by atoms with Gasteiger partial charge in [0.05, 0.1) is 17.1 Å². The minimum atomic E-state index is -0.393. The van der Waals surface area contributed by atoms with Gasteiger partial charge >= 0.3 is 5.63 Å². The van der Waals surface area contributed by atoms with Gasteiger partial charge in [-0.3, -0.25) is 0 Å². The number of ether oxygens (including phenoxy) is 1. The van der Waals surface area contributed by atoms with Crippen LogP contribution in [0.25, 0.3) is 22.1 Å². The summed E-state index contributed by atoms with van der Waals surface area (Å²) in [6.07, 6.45) is 0.993. The van der Waals surface area contributed by atoms with Crippen LogP contribution in [0.1, 0.15) is 18.1 Å². The van der Waals surface area contributed by atoms with Crippen molar-refractivity contribution in [3.05, 3.63) is 93.3 Å². The lowest BCUT2D eigenvalue weighted by Gasteiger charge is -2.31. The van der Waals surface area contributed by atoms with E-state index in [0.29, 0.717) is 29.6 Å². The maximum Gasteiger partial charge on any atom is 0.336 e. The molecule has 0 bridgehead atoms. The smallest absolute Gasteiger partial charge is 0.336 e. The van der Waals surface area contributed by atoms with E-state index in [4.69, 9.17) is 20.8 Å². The normalized spacial score (nSPS) is 13.2. The summed E-state index contributed by atoms with van der Waals surface area (Å²) in [7, 11) is 0. The minimum absolute atomic E-state index is 0.381. The molecule has 2 heterocycles. The van der Waals surface area contributed by atoms with Crippen molar-refractivity contribution in [2.75, 3.05) is 11.6 Å². The summed E-state index contributed by atoms with van der Waals surface area (Å²) in [6.45, 7) is 3.06. The van der Waals surface area contributed by atoms with Gasteiger partial charge in [0.1, 0.15) is 11.3 Å². The molecule has 0 aliphatic carbocycles. The molecule has 1 aromatic heterocycles. The molecule has 0 radical (unpaired) electrons. The molecule has 1 aliphatic rings. The Bertz CT molecular complexity index is 1280. The summed E-state index contributed by atoms with van der Waals surface area (Å²) >= 11 is 6.59. The molecule has 4 aromatic rings. The average Bonchev–Trinajstić information content (AvgIpc) is 2.80. The molecule has 0 spiro atoms. The van der Waals surface area contributed by atoms with Crippen LogP contribution in [-0.2, 0) is 13.0 Å². The molecule has 5 rings (SSSR count). The van der Waals surface area contributed by atoms with Crippen LogP contribution in [0.2, 0.25) is 5.02 Å². The van der Waals surface area contributed by atoms with Crippen LogP contribution in [0.15, 0.2) is 75.9 Å². The van der Waals surface area contributed by atoms with Gasteiger partial charge in [0.2, 0.25) is 0 Å². The number of rotatable bonds is 3. The Morgan fingerprint density at radius 3 is 2.53 bits per heavy atom. The van der Waals surface area contributed by atoms with Crippen molar-refractivity contribution >= 4 is 28.3 Å². The van der Waals surface area contributed by atoms with Gasteiger partial charge in [0.15, 0.2) is 6.73 Å². The Hall–Kier alpha value is -3.24. The Labute approximate surface area is 179 Å². The van der Waals surface area contributed by atoms with Crippen molar-refractivity contribution in [1.29, 1.82) is 0 Å². The summed E-state index contributed by atoms with van der Waals surface area (Å²) in [5, 5.41) is 1.32. The van der Waals surface area contributed by atoms with Crippen molar-refractivity contribution < 1.29 is 9.15 Å². The molecule has 3 aromatic carbocycles. The molecule has 5 heteroatoms. The molecular formula is C25H20ClNO3. The Morgan fingerprint density at radius 1 is 1.03 bits per heavy atom. The first-order chi connectivity index (χ1) is 14.6. The fourth-order valence-electron chi connectivity index (χ4n) is 3.95. The molecule has 1 aliphatic heterocycles. The highest BCUT2D eigenvalue weighted by Crippen LogP contribution is 2.41. The van der Waals surface area contributed by atoms with Crippen LogP contribution < -0.4 is 15.3 Å². The van der Waals surface area contributed by atoms with Gasteiger partial charge in [0.25, 0.3) is 0 Å². The van der Waals surface area contributed by atoms with Crippen molar-refractivity contribution in [2.24, 2.45) is 0 Å². The second-order valence-electron chi connectivity index (χ2n) is 7.38. The molecule has 0 fully saturated rings. The SMILES string of the molecule is CCc1ccc(N2COc3c(Cl)cc4c(-c5ccccc5)cc(=O)oc4c3C2)cc1. The number of fused-ring (bicyclic) bond motifs is 3. The topological polar surface area (TPSA) is 42.7 Å². The van der Waals surface area contributed by atoms with Gasteiger partial charge < -0.3 is 14.1 Å². The Balaban J connectivity index is 1.66. The molecule has 0 atom stereocenters. The highest BCUT2D eigenvalue weighted by atomic mass is 35.5. The number of halogens is 1. The molecular weight excluding hydrogens is 398 g/mol. The molecule has 4 nitrogen and oxygen atoms in total. The lowest BCUT2D eigenvalue weighted by molar-refractivity contribution is 0.289. The van der Waals surface area contributed by atoms with E-state index in [-0.39, 0.29) is 0 Å². The highest BCUT2D eigenvalue weighted by molar-refractivity contribution is 6.33. The van der Waals surface area contributed by atoms with Gasteiger partial charge in [-0.1, -0.05) is 61.0 Å². The quantitative estimate of drug-likeness (QED) is 0.381. The third-order valence-electron chi connectivity index (χ3n) is 5.54. The minimum Gasteiger partial charge on any atom is -0.471 e. The van der Waals surface area contributed by atoms with Gasteiger partial charge in [0, 0.05) is 17.1 Å². The molecule has 0 amide bonds. The number of anilines is 1. The standard InChI is InChI=1S/C25H20ClNO3/c1-2-16-8-10-18(11-9-16)27-14-21-24-20(12-22(26)25(21)29-15-27)19(13-23(28)30-24)17-6-4-3-5-7-17/h3-13H,2,14-15H2,1H3. The monoisotopic (exact) mass is 417 g/mol. The molecule has 0 saturated heterocycles. The lowest BCUT2D eigenvalue weighted by Crippen LogP contribution is -2.32. The maximum atomic E-state index is 12.4. The lowest BCUT2D eigenvalue weighted by atomic mass is 9.99. The predicted molar refractivity (Wildman–Crippen MR) is 120 cm³/mol. The van der Waals surface area contributed by atoms with E-state index in [9.17, 15) is 4.79 Å². The first kappa shape index (κ1) is 18.8. The van der Waals surface area contributed by atoms with Crippen LogP contribution >= 0.6 is 11.6 Å². The molecule has 30 heavy (non-hydrogen) atoms. The Kier molecular flexibility index (Phi) is 4.72. The van der Waals surface area contributed by atoms with E-state index in [2.05, 4.69) is 36.1 Å². The third-order valence-corrected chi connectivity index (χ3v) is 5.82. The average molecular weight is 418 g/mol. The highest BCUT2D eigenvalue weighted by Gasteiger charge is 2.25.